The summed E-state index contributed by atoms with van der Waals surface area (Å²) in [6.45, 7) is 0.604. The molecule has 0 saturated carbocycles. The minimum Gasteiger partial charge on any atom is -0.495 e. The molecule has 0 radical (unpaired) electrons. The second kappa shape index (κ2) is 8.86. The van der Waals surface area contributed by atoms with Gasteiger partial charge in [0.05, 0.1) is 17.0 Å². The van der Waals surface area contributed by atoms with Gasteiger partial charge in [-0.2, -0.15) is 4.31 Å². The number of hydrogen-bond donors (Lipinski definition) is 1. The quantitative estimate of drug-likeness (QED) is 0.609. The molecule has 1 fully saturated rings. The smallest absolute Gasteiger partial charge is 0.243 e. The number of ether oxygens (including phenoxy) is 1. The van der Waals surface area contributed by atoms with Crippen LogP contribution in [0.3, 0.4) is 0 Å². The molecular formula is C23H23ClN2O4S. The third-order valence-corrected chi connectivity index (χ3v) is 7.79. The first-order chi connectivity index (χ1) is 14.9. The molecule has 3 aromatic carbocycles. The van der Waals surface area contributed by atoms with Crippen LogP contribution < -0.4 is 10.1 Å². The number of halogens is 1. The van der Waals surface area contributed by atoms with Crippen LogP contribution in [0.4, 0.5) is 5.69 Å². The van der Waals surface area contributed by atoms with Gasteiger partial charge in [0.15, 0.2) is 0 Å². The Morgan fingerprint density at radius 3 is 2.42 bits per heavy atom. The standard InChI is InChI=1S/C23H23ClN2O4S/c1-30-22-9-7-19(15-21(22)24)25-23(27)17-10-12-26(13-11-17)31(28,29)20-8-6-16-4-2-3-5-18(16)14-20/h2-9,14-15,17H,10-13H2,1H3,(H,25,27). The fourth-order valence-electron chi connectivity index (χ4n) is 3.82. The number of methoxy groups -OCH3 is 1. The average molecular weight is 459 g/mol. The van der Waals surface area contributed by atoms with E-state index in [-0.39, 0.29) is 16.7 Å². The molecule has 1 N–H and O–H groups in total. The molecule has 1 saturated heterocycles. The van der Waals surface area contributed by atoms with Crippen molar-refractivity contribution in [1.29, 1.82) is 0 Å². The number of piperidine rings is 1. The number of amides is 1. The van der Waals surface area contributed by atoms with Crippen molar-refractivity contribution in [1.82, 2.24) is 4.31 Å². The number of rotatable bonds is 5. The second-order valence-corrected chi connectivity index (χ2v) is 9.87. The average Bonchev–Trinajstić information content (AvgIpc) is 2.79. The summed E-state index contributed by atoms with van der Waals surface area (Å²) in [4.78, 5) is 12.9. The Bertz CT molecular complexity index is 1220. The van der Waals surface area contributed by atoms with Gasteiger partial charge in [0, 0.05) is 24.7 Å². The summed E-state index contributed by atoms with van der Waals surface area (Å²) >= 11 is 6.11. The maximum absolute atomic E-state index is 13.1. The number of sulfonamides is 1. The van der Waals surface area contributed by atoms with Crippen molar-refractivity contribution < 1.29 is 17.9 Å². The summed E-state index contributed by atoms with van der Waals surface area (Å²) in [6, 6.07) is 17.9. The number of hydrogen-bond acceptors (Lipinski definition) is 4. The zero-order chi connectivity index (χ0) is 22.0. The Balaban J connectivity index is 1.41. The summed E-state index contributed by atoms with van der Waals surface area (Å²) in [5.41, 5.74) is 0.585. The van der Waals surface area contributed by atoms with E-state index in [9.17, 15) is 13.2 Å². The highest BCUT2D eigenvalue weighted by Gasteiger charge is 2.32. The van der Waals surface area contributed by atoms with Gasteiger partial charge in [-0.05, 0) is 53.9 Å². The molecule has 0 atom stereocenters. The predicted molar refractivity (Wildman–Crippen MR) is 122 cm³/mol. The molecule has 1 aliphatic heterocycles. The van der Waals surface area contributed by atoms with Crippen molar-refractivity contribution >= 4 is 44.0 Å². The third kappa shape index (κ3) is 4.54. The van der Waals surface area contributed by atoms with E-state index in [4.69, 9.17) is 16.3 Å². The first-order valence-electron chi connectivity index (χ1n) is 10.0. The lowest BCUT2D eigenvalue weighted by molar-refractivity contribution is -0.120. The first-order valence-corrected chi connectivity index (χ1v) is 11.8. The van der Waals surface area contributed by atoms with Gasteiger partial charge in [-0.15, -0.1) is 0 Å². The number of anilines is 1. The van der Waals surface area contributed by atoms with Gasteiger partial charge in [-0.25, -0.2) is 8.42 Å². The molecule has 3 aromatic rings. The van der Waals surface area contributed by atoms with E-state index in [1.807, 2.05) is 30.3 Å². The molecular weight excluding hydrogens is 436 g/mol. The molecule has 1 aliphatic rings. The largest absolute Gasteiger partial charge is 0.495 e. The van der Waals surface area contributed by atoms with Crippen LogP contribution in [0.2, 0.25) is 5.02 Å². The van der Waals surface area contributed by atoms with Gasteiger partial charge in [0.25, 0.3) is 0 Å². The van der Waals surface area contributed by atoms with Crippen molar-refractivity contribution in [2.45, 2.75) is 17.7 Å². The zero-order valence-corrected chi connectivity index (χ0v) is 18.6. The molecule has 0 unspecified atom stereocenters. The highest BCUT2D eigenvalue weighted by Crippen LogP contribution is 2.29. The van der Waals surface area contributed by atoms with Crippen molar-refractivity contribution in [2.75, 3.05) is 25.5 Å². The van der Waals surface area contributed by atoms with Gasteiger partial charge >= 0.3 is 0 Å². The van der Waals surface area contributed by atoms with E-state index in [0.29, 0.717) is 42.4 Å². The Kier molecular flexibility index (Phi) is 6.18. The Hall–Kier alpha value is -2.61. The van der Waals surface area contributed by atoms with Crippen molar-refractivity contribution in [3.8, 4) is 5.75 Å². The maximum Gasteiger partial charge on any atom is 0.243 e. The fraction of sp³-hybridized carbons (Fsp3) is 0.261. The van der Waals surface area contributed by atoms with E-state index in [1.165, 1.54) is 11.4 Å². The van der Waals surface area contributed by atoms with Gasteiger partial charge in [0.1, 0.15) is 5.75 Å². The van der Waals surface area contributed by atoms with Crippen LogP contribution in [0, 0.1) is 5.92 Å². The summed E-state index contributed by atoms with van der Waals surface area (Å²) in [7, 11) is -2.08. The SMILES string of the molecule is COc1ccc(NC(=O)C2CCN(S(=O)(=O)c3ccc4ccccc4c3)CC2)cc1Cl. The molecule has 0 aromatic heterocycles. The monoisotopic (exact) mass is 458 g/mol. The molecule has 6 nitrogen and oxygen atoms in total. The molecule has 31 heavy (non-hydrogen) atoms. The zero-order valence-electron chi connectivity index (χ0n) is 17.0. The fourth-order valence-corrected chi connectivity index (χ4v) is 5.59. The van der Waals surface area contributed by atoms with Crippen LogP contribution in [0.1, 0.15) is 12.8 Å². The maximum atomic E-state index is 13.1. The van der Waals surface area contributed by atoms with Crippen molar-refractivity contribution in [3.05, 3.63) is 65.7 Å². The van der Waals surface area contributed by atoms with Crippen LogP contribution in [-0.4, -0.2) is 38.8 Å². The van der Waals surface area contributed by atoms with E-state index in [1.54, 1.807) is 30.3 Å². The second-order valence-electron chi connectivity index (χ2n) is 7.53. The Morgan fingerprint density at radius 1 is 1.03 bits per heavy atom. The number of nitrogens with zero attached hydrogens (tertiary/aromatic N) is 1. The van der Waals surface area contributed by atoms with E-state index in [0.717, 1.165) is 10.8 Å². The normalized spacial score (nSPS) is 15.7. The van der Waals surface area contributed by atoms with Crippen LogP contribution in [-0.2, 0) is 14.8 Å². The van der Waals surface area contributed by atoms with Gasteiger partial charge in [-0.3, -0.25) is 4.79 Å². The number of carbonyl (C=O) groups is 1. The highest BCUT2D eigenvalue weighted by atomic mass is 35.5. The minimum atomic E-state index is -3.60. The van der Waals surface area contributed by atoms with Crippen molar-refractivity contribution in [3.63, 3.8) is 0 Å². The summed E-state index contributed by atoms with van der Waals surface area (Å²) in [5, 5.41) is 5.16. The lowest BCUT2D eigenvalue weighted by atomic mass is 9.97. The van der Waals surface area contributed by atoms with Crippen molar-refractivity contribution in [2.24, 2.45) is 5.92 Å². The number of benzene rings is 3. The van der Waals surface area contributed by atoms with Gasteiger partial charge < -0.3 is 10.1 Å². The predicted octanol–water partition coefficient (Wildman–Crippen LogP) is 4.54. The molecule has 1 heterocycles. The van der Waals surface area contributed by atoms with E-state index >= 15 is 0 Å². The van der Waals surface area contributed by atoms with E-state index in [2.05, 4.69) is 5.32 Å². The molecule has 1 amide bonds. The number of fused-ring (bicyclic) bond motifs is 1. The lowest BCUT2D eigenvalue weighted by Gasteiger charge is -2.30. The topological polar surface area (TPSA) is 75.7 Å². The molecule has 0 spiro atoms. The molecule has 4 rings (SSSR count). The van der Waals surface area contributed by atoms with Gasteiger partial charge in [-0.1, -0.05) is 41.9 Å². The van der Waals surface area contributed by atoms with Crippen LogP contribution in [0.5, 0.6) is 5.75 Å². The Labute approximate surface area is 186 Å². The van der Waals surface area contributed by atoms with Crippen LogP contribution >= 0.6 is 11.6 Å². The third-order valence-electron chi connectivity index (χ3n) is 5.60. The van der Waals surface area contributed by atoms with Crippen LogP contribution in [0.25, 0.3) is 10.8 Å². The molecule has 0 bridgehead atoms. The molecule has 162 valence electrons. The molecule has 8 heteroatoms. The van der Waals surface area contributed by atoms with Gasteiger partial charge in [0.2, 0.25) is 15.9 Å². The lowest BCUT2D eigenvalue weighted by Crippen LogP contribution is -2.41. The Morgan fingerprint density at radius 2 is 1.74 bits per heavy atom. The number of nitrogens with one attached hydrogen (secondary N) is 1. The first kappa shape index (κ1) is 21.6. The molecule has 0 aliphatic carbocycles. The van der Waals surface area contributed by atoms with E-state index < -0.39 is 10.0 Å². The summed E-state index contributed by atoms with van der Waals surface area (Å²) in [5.74, 6) is 0.139. The minimum absolute atomic E-state index is 0.135. The van der Waals surface area contributed by atoms with Crippen LogP contribution in [0.15, 0.2) is 65.6 Å². The highest BCUT2D eigenvalue weighted by molar-refractivity contribution is 7.89. The number of carbonyl (C=O) groups excluding carboxylic acids is 1. The summed E-state index contributed by atoms with van der Waals surface area (Å²) < 4.78 is 32.8. The summed E-state index contributed by atoms with van der Waals surface area (Å²) in [6.07, 6.45) is 0.922.